The molecule has 304 valence electrons. The zero-order valence-electron chi connectivity index (χ0n) is 33.5. The van der Waals surface area contributed by atoms with Crippen molar-refractivity contribution in [3.8, 4) is 0 Å². The topological polar surface area (TPSA) is 206 Å². The Kier molecular flexibility index (Phi) is 15.3. The first kappa shape index (κ1) is 45.0. The van der Waals surface area contributed by atoms with Crippen LogP contribution in [0.1, 0.15) is 94.9 Å². The van der Waals surface area contributed by atoms with Crippen LogP contribution in [0.25, 0.3) is 0 Å². The minimum absolute atomic E-state index is 0.0687. The molecule has 15 heteroatoms. The number of carbonyl (C=O) groups is 1. The standard InChI is InChI=1S/C37H68N2O13/c1-14-25-37(10,45)30(41)20(4)27(38-46)18(2)16-35(8,44)32(52-34-28(40)24(39(11)12)15-19(3)48-34)21(5)29(22(6)33(43)50-25)51-26-17-36(9,47-13)31(42)23(7)49-26/h18-32,34,40-42,44-45H,14-17H2,1-13H3/t18-,19-,20+,21+,22-,23+,24+,25-,26?,27?,28-,29+,30-,31+,32-,34+,35-,36-,37-/m1/s1. The van der Waals surface area contributed by atoms with E-state index < -0.39 is 108 Å². The van der Waals surface area contributed by atoms with Gasteiger partial charge >= 0.3 is 5.97 Å². The molecule has 0 aromatic heterocycles. The molecule has 0 aliphatic carbocycles. The number of nitroso groups, excluding NO2 is 1. The lowest BCUT2D eigenvalue weighted by atomic mass is 9.72. The highest BCUT2D eigenvalue weighted by molar-refractivity contribution is 5.73. The van der Waals surface area contributed by atoms with E-state index in [1.54, 1.807) is 55.4 Å². The predicted molar refractivity (Wildman–Crippen MR) is 191 cm³/mol. The van der Waals surface area contributed by atoms with Crippen LogP contribution in [-0.2, 0) is 33.2 Å². The summed E-state index contributed by atoms with van der Waals surface area (Å²) in [6, 6.07) is -1.40. The maximum atomic E-state index is 14.1. The second-order valence-corrected chi connectivity index (χ2v) is 16.8. The molecule has 3 fully saturated rings. The monoisotopic (exact) mass is 748 g/mol. The van der Waals surface area contributed by atoms with E-state index in [2.05, 4.69) is 5.18 Å². The number of esters is 1. The molecule has 3 rings (SSSR count). The maximum Gasteiger partial charge on any atom is 0.311 e. The van der Waals surface area contributed by atoms with Gasteiger partial charge in [0.05, 0.1) is 53.7 Å². The summed E-state index contributed by atoms with van der Waals surface area (Å²) in [4.78, 5) is 28.4. The van der Waals surface area contributed by atoms with E-state index in [9.17, 15) is 35.2 Å². The van der Waals surface area contributed by atoms with Crippen LogP contribution in [0.2, 0.25) is 0 Å². The summed E-state index contributed by atoms with van der Waals surface area (Å²) >= 11 is 0. The van der Waals surface area contributed by atoms with E-state index in [0.717, 1.165) is 0 Å². The maximum absolute atomic E-state index is 14.1. The van der Waals surface area contributed by atoms with Crippen LogP contribution in [-0.4, -0.2) is 148 Å². The smallest absolute Gasteiger partial charge is 0.311 e. The summed E-state index contributed by atoms with van der Waals surface area (Å²) in [6.45, 7) is 16.6. The molecular formula is C37H68N2O13. The van der Waals surface area contributed by atoms with Crippen LogP contribution in [0.5, 0.6) is 0 Å². The molecule has 0 radical (unpaired) electrons. The molecule has 0 saturated carbocycles. The van der Waals surface area contributed by atoms with Crippen LogP contribution in [0, 0.1) is 28.6 Å². The minimum Gasteiger partial charge on any atom is -0.459 e. The lowest BCUT2D eigenvalue weighted by Crippen LogP contribution is -2.61. The normalized spacial score (nSPS) is 50.3. The molecule has 5 N–H and O–H groups in total. The van der Waals surface area contributed by atoms with Crippen LogP contribution in [0.3, 0.4) is 0 Å². The van der Waals surface area contributed by atoms with Crippen molar-refractivity contribution in [2.45, 2.75) is 185 Å². The molecule has 0 bridgehead atoms. The Balaban J connectivity index is 2.21. The van der Waals surface area contributed by atoms with Crippen LogP contribution in [0.4, 0.5) is 0 Å². The van der Waals surface area contributed by atoms with E-state index in [1.807, 2.05) is 25.9 Å². The van der Waals surface area contributed by atoms with Gasteiger partial charge in [-0.25, -0.2) is 0 Å². The van der Waals surface area contributed by atoms with Crippen molar-refractivity contribution in [3.63, 3.8) is 0 Å². The second-order valence-electron chi connectivity index (χ2n) is 16.8. The number of nitrogens with zero attached hydrogens (tertiary/aromatic N) is 2. The highest BCUT2D eigenvalue weighted by atomic mass is 16.7. The molecular weight excluding hydrogens is 680 g/mol. The summed E-state index contributed by atoms with van der Waals surface area (Å²) < 4.78 is 37.2. The highest BCUT2D eigenvalue weighted by Gasteiger charge is 2.54. The number of hydrogen-bond acceptors (Lipinski definition) is 15. The lowest BCUT2D eigenvalue weighted by Gasteiger charge is -2.49. The Morgan fingerprint density at radius 1 is 0.923 bits per heavy atom. The molecule has 0 spiro atoms. The molecule has 2 unspecified atom stereocenters. The Morgan fingerprint density at radius 3 is 2.08 bits per heavy atom. The first-order valence-electron chi connectivity index (χ1n) is 18.8. The number of hydrogen-bond donors (Lipinski definition) is 5. The van der Waals surface area contributed by atoms with Crippen molar-refractivity contribution in [3.05, 3.63) is 4.91 Å². The minimum atomic E-state index is -1.97. The summed E-state index contributed by atoms with van der Waals surface area (Å²) in [6.07, 6.45) is -9.58. The van der Waals surface area contributed by atoms with Gasteiger partial charge in [-0.05, 0) is 80.8 Å². The quantitative estimate of drug-likeness (QED) is 0.179. The summed E-state index contributed by atoms with van der Waals surface area (Å²) in [5, 5.41) is 61.4. The number of rotatable bonds is 8. The van der Waals surface area contributed by atoms with Gasteiger partial charge in [0.15, 0.2) is 12.6 Å². The van der Waals surface area contributed by atoms with Crippen LogP contribution < -0.4 is 0 Å². The zero-order valence-corrected chi connectivity index (χ0v) is 33.5. The van der Waals surface area contributed by atoms with Gasteiger partial charge in [0.2, 0.25) is 0 Å². The van der Waals surface area contributed by atoms with Gasteiger partial charge in [0, 0.05) is 31.4 Å². The van der Waals surface area contributed by atoms with Crippen molar-refractivity contribution in [2.24, 2.45) is 28.8 Å². The molecule has 0 amide bonds. The number of methoxy groups -OCH3 is 1. The zero-order chi connectivity index (χ0) is 39.7. The van der Waals surface area contributed by atoms with Gasteiger partial charge in [-0.3, -0.25) is 4.79 Å². The lowest BCUT2D eigenvalue weighted by molar-refractivity contribution is -0.318. The third-order valence-corrected chi connectivity index (χ3v) is 12.2. The number of carbonyl (C=O) groups excluding carboxylic acids is 1. The van der Waals surface area contributed by atoms with E-state index in [0.29, 0.717) is 6.42 Å². The van der Waals surface area contributed by atoms with Gasteiger partial charge in [-0.1, -0.05) is 32.9 Å². The number of cyclic esters (lactones) is 1. The van der Waals surface area contributed by atoms with Gasteiger partial charge in [-0.2, -0.15) is 4.91 Å². The van der Waals surface area contributed by atoms with Gasteiger partial charge in [0.1, 0.15) is 23.9 Å². The fourth-order valence-corrected chi connectivity index (χ4v) is 8.79. The van der Waals surface area contributed by atoms with Gasteiger partial charge in [-0.15, -0.1) is 0 Å². The molecule has 0 aromatic carbocycles. The molecule has 19 atom stereocenters. The Bertz CT molecular complexity index is 1170. The number of aliphatic hydroxyl groups is 5. The van der Waals surface area contributed by atoms with Crippen LogP contribution in [0.15, 0.2) is 5.18 Å². The Hall–Kier alpha value is -1.37. The van der Waals surface area contributed by atoms with E-state index in [-0.39, 0.29) is 31.4 Å². The summed E-state index contributed by atoms with van der Waals surface area (Å²) in [5.74, 6) is -4.21. The van der Waals surface area contributed by atoms with Crippen LogP contribution >= 0.6 is 0 Å². The van der Waals surface area contributed by atoms with Crippen molar-refractivity contribution >= 4 is 5.97 Å². The number of aliphatic hydroxyl groups excluding tert-OH is 3. The highest BCUT2D eigenvalue weighted by Crippen LogP contribution is 2.41. The number of ether oxygens (including phenoxy) is 6. The molecule has 3 saturated heterocycles. The average Bonchev–Trinajstić information content (AvgIpc) is 3.06. The van der Waals surface area contributed by atoms with Gasteiger partial charge < -0.3 is 58.9 Å². The Labute approximate surface area is 309 Å². The molecule has 0 aromatic rings. The second kappa shape index (κ2) is 17.6. The van der Waals surface area contributed by atoms with Crippen molar-refractivity contribution in [1.82, 2.24) is 4.90 Å². The van der Waals surface area contributed by atoms with Crippen molar-refractivity contribution in [2.75, 3.05) is 21.2 Å². The summed E-state index contributed by atoms with van der Waals surface area (Å²) in [5.41, 5.74) is -4.80. The molecule has 3 heterocycles. The summed E-state index contributed by atoms with van der Waals surface area (Å²) in [7, 11) is 5.18. The predicted octanol–water partition coefficient (Wildman–Crippen LogP) is 2.35. The van der Waals surface area contributed by atoms with Gasteiger partial charge in [0.25, 0.3) is 0 Å². The Morgan fingerprint density at radius 2 is 1.54 bits per heavy atom. The molecule has 3 aliphatic heterocycles. The fraction of sp³-hybridized carbons (Fsp3) is 0.973. The first-order chi connectivity index (χ1) is 24.0. The largest absolute Gasteiger partial charge is 0.459 e. The van der Waals surface area contributed by atoms with E-state index >= 15 is 0 Å². The van der Waals surface area contributed by atoms with Crippen molar-refractivity contribution < 1.29 is 58.7 Å². The first-order valence-corrected chi connectivity index (χ1v) is 18.8. The van der Waals surface area contributed by atoms with E-state index in [4.69, 9.17) is 28.4 Å². The third-order valence-electron chi connectivity index (χ3n) is 12.2. The van der Waals surface area contributed by atoms with Crippen molar-refractivity contribution in [1.29, 1.82) is 0 Å². The molecule has 15 nitrogen and oxygen atoms in total. The number of likely N-dealkylation sites (N-methyl/N-ethyl adjacent to an activating group) is 1. The molecule has 52 heavy (non-hydrogen) atoms. The van der Waals surface area contributed by atoms with E-state index in [1.165, 1.54) is 14.0 Å². The molecule has 3 aliphatic rings. The average molecular weight is 749 g/mol. The SMILES string of the molecule is CC[C@H]1OC(=O)[C@H](C)[C@@H](OC2C[C@@](C)(OC)[C@@H](O)[C@H](C)O2)[C@H](C)[C@@H](O[C@@H]2O[C@H](C)C[C@H](N(C)C)[C@H]2O)[C@](C)(O)C[C@@H](C)C(N=O)[C@H](C)[C@@H](O)[C@]1(C)O. The fourth-order valence-electron chi connectivity index (χ4n) is 8.79. The third kappa shape index (κ3) is 9.52.